The lowest BCUT2D eigenvalue weighted by Gasteiger charge is -2.20. The highest BCUT2D eigenvalue weighted by molar-refractivity contribution is 7.99. The SMILES string of the molecule is CCOc1ccc2nc(N(Cc3ccncc3)C(=O)Cc3ccc(SCC)cc3)sc2c1. The van der Waals surface area contributed by atoms with Gasteiger partial charge in [-0.15, -0.1) is 11.8 Å². The number of pyridine rings is 1. The van der Waals surface area contributed by atoms with Crippen LogP contribution in [0.25, 0.3) is 10.2 Å². The molecule has 0 fully saturated rings. The summed E-state index contributed by atoms with van der Waals surface area (Å²) in [6, 6.07) is 17.9. The van der Waals surface area contributed by atoms with Crippen LogP contribution in [-0.2, 0) is 17.8 Å². The van der Waals surface area contributed by atoms with Crippen molar-refractivity contribution in [3.05, 3.63) is 78.1 Å². The van der Waals surface area contributed by atoms with Gasteiger partial charge >= 0.3 is 0 Å². The van der Waals surface area contributed by atoms with E-state index in [1.807, 2.05) is 49.4 Å². The Hall–Kier alpha value is -2.90. The van der Waals surface area contributed by atoms with E-state index in [0.29, 0.717) is 24.7 Å². The van der Waals surface area contributed by atoms with Crippen molar-refractivity contribution in [1.29, 1.82) is 0 Å². The van der Waals surface area contributed by atoms with E-state index >= 15 is 0 Å². The van der Waals surface area contributed by atoms with E-state index in [-0.39, 0.29) is 5.91 Å². The third-order valence-electron chi connectivity index (χ3n) is 4.87. The van der Waals surface area contributed by atoms with Crippen LogP contribution in [-0.4, -0.2) is 28.2 Å². The van der Waals surface area contributed by atoms with Crippen molar-refractivity contribution in [2.45, 2.75) is 31.7 Å². The first-order chi connectivity index (χ1) is 15.7. The Labute approximate surface area is 196 Å². The number of anilines is 1. The van der Waals surface area contributed by atoms with Crippen LogP contribution >= 0.6 is 23.1 Å². The normalized spacial score (nSPS) is 10.9. The number of ether oxygens (including phenoxy) is 1. The lowest BCUT2D eigenvalue weighted by molar-refractivity contribution is -0.118. The molecule has 0 aliphatic carbocycles. The zero-order chi connectivity index (χ0) is 22.3. The van der Waals surface area contributed by atoms with E-state index in [0.717, 1.165) is 32.8 Å². The van der Waals surface area contributed by atoms with Gasteiger partial charge in [-0.25, -0.2) is 4.98 Å². The molecule has 0 aliphatic heterocycles. The molecule has 2 aromatic carbocycles. The average molecular weight is 464 g/mol. The van der Waals surface area contributed by atoms with Crippen molar-refractivity contribution >= 4 is 44.4 Å². The van der Waals surface area contributed by atoms with Gasteiger partial charge < -0.3 is 4.74 Å². The molecule has 0 atom stereocenters. The van der Waals surface area contributed by atoms with Gasteiger partial charge in [0.1, 0.15) is 5.75 Å². The standard InChI is InChI=1S/C25H25N3O2S2/c1-3-30-20-7-10-22-23(16-20)32-25(27-22)28(17-19-11-13-26-14-12-19)24(29)15-18-5-8-21(9-6-18)31-4-2/h5-14,16H,3-4,15,17H2,1-2H3. The fourth-order valence-electron chi connectivity index (χ4n) is 3.34. The number of thiazole rings is 1. The first-order valence-corrected chi connectivity index (χ1v) is 12.4. The topological polar surface area (TPSA) is 55.3 Å². The van der Waals surface area contributed by atoms with Gasteiger partial charge in [-0.2, -0.15) is 0 Å². The van der Waals surface area contributed by atoms with E-state index in [1.54, 1.807) is 29.1 Å². The molecule has 0 aliphatic rings. The smallest absolute Gasteiger partial charge is 0.233 e. The van der Waals surface area contributed by atoms with Crippen molar-refractivity contribution in [2.75, 3.05) is 17.3 Å². The van der Waals surface area contributed by atoms with Crippen LogP contribution in [0, 0.1) is 0 Å². The number of rotatable bonds is 9. The lowest BCUT2D eigenvalue weighted by atomic mass is 10.1. The van der Waals surface area contributed by atoms with Crippen molar-refractivity contribution in [1.82, 2.24) is 9.97 Å². The Morgan fingerprint density at radius 2 is 1.81 bits per heavy atom. The average Bonchev–Trinajstić information content (AvgIpc) is 3.23. The molecule has 0 saturated heterocycles. The lowest BCUT2D eigenvalue weighted by Crippen LogP contribution is -2.31. The van der Waals surface area contributed by atoms with Crippen molar-refractivity contribution in [3.8, 4) is 5.75 Å². The highest BCUT2D eigenvalue weighted by atomic mass is 32.2. The quantitative estimate of drug-likeness (QED) is 0.286. The second-order valence-electron chi connectivity index (χ2n) is 7.15. The van der Waals surface area contributed by atoms with Crippen molar-refractivity contribution in [2.24, 2.45) is 0 Å². The predicted molar refractivity (Wildman–Crippen MR) is 133 cm³/mol. The summed E-state index contributed by atoms with van der Waals surface area (Å²) in [7, 11) is 0. The molecule has 0 bridgehead atoms. The van der Waals surface area contributed by atoms with Gasteiger partial charge in [0, 0.05) is 17.3 Å². The minimum Gasteiger partial charge on any atom is -0.494 e. The van der Waals surface area contributed by atoms with Crippen LogP contribution in [0.1, 0.15) is 25.0 Å². The summed E-state index contributed by atoms with van der Waals surface area (Å²) < 4.78 is 6.62. The summed E-state index contributed by atoms with van der Waals surface area (Å²) in [5.74, 6) is 1.86. The fraction of sp³-hybridized carbons (Fsp3) is 0.240. The molecule has 7 heteroatoms. The molecule has 164 valence electrons. The van der Waals surface area contributed by atoms with Crippen LogP contribution in [0.2, 0.25) is 0 Å². The molecule has 0 unspecified atom stereocenters. The molecule has 4 rings (SSSR count). The zero-order valence-electron chi connectivity index (χ0n) is 18.2. The molecule has 0 saturated carbocycles. The first-order valence-electron chi connectivity index (χ1n) is 10.6. The van der Waals surface area contributed by atoms with Gasteiger partial charge in [0.15, 0.2) is 5.13 Å². The molecule has 0 radical (unpaired) electrons. The van der Waals surface area contributed by atoms with E-state index in [2.05, 4.69) is 24.0 Å². The van der Waals surface area contributed by atoms with Crippen LogP contribution in [0.4, 0.5) is 5.13 Å². The Balaban J connectivity index is 1.62. The highest BCUT2D eigenvalue weighted by Gasteiger charge is 2.21. The number of thioether (sulfide) groups is 1. The molecule has 2 aromatic heterocycles. The van der Waals surface area contributed by atoms with Gasteiger partial charge in [-0.05, 0) is 66.3 Å². The van der Waals surface area contributed by atoms with E-state index in [4.69, 9.17) is 9.72 Å². The molecular weight excluding hydrogens is 438 g/mol. The molecule has 2 heterocycles. The number of carbonyl (C=O) groups is 1. The van der Waals surface area contributed by atoms with Gasteiger partial charge in [0.05, 0.1) is 29.8 Å². The maximum atomic E-state index is 13.4. The van der Waals surface area contributed by atoms with Crippen LogP contribution in [0.3, 0.4) is 0 Å². The Morgan fingerprint density at radius 1 is 1.03 bits per heavy atom. The predicted octanol–water partition coefficient (Wildman–Crippen LogP) is 5.98. The number of fused-ring (bicyclic) bond motifs is 1. The number of carbonyl (C=O) groups excluding carboxylic acids is 1. The molecule has 0 N–H and O–H groups in total. The minimum absolute atomic E-state index is 0.0156. The number of nitrogens with zero attached hydrogens (tertiary/aromatic N) is 3. The zero-order valence-corrected chi connectivity index (χ0v) is 19.8. The highest BCUT2D eigenvalue weighted by Crippen LogP contribution is 2.32. The van der Waals surface area contributed by atoms with E-state index in [1.165, 1.54) is 16.2 Å². The second-order valence-corrected chi connectivity index (χ2v) is 9.49. The molecule has 0 spiro atoms. The summed E-state index contributed by atoms with van der Waals surface area (Å²) in [6.45, 7) is 5.15. The van der Waals surface area contributed by atoms with E-state index < -0.39 is 0 Å². The number of hydrogen-bond donors (Lipinski definition) is 0. The molecule has 4 aromatic rings. The Bertz CT molecular complexity index is 1180. The second kappa shape index (κ2) is 10.6. The van der Waals surface area contributed by atoms with E-state index in [9.17, 15) is 4.79 Å². The summed E-state index contributed by atoms with van der Waals surface area (Å²) in [6.07, 6.45) is 3.81. The molecule has 32 heavy (non-hydrogen) atoms. The Morgan fingerprint density at radius 3 is 2.53 bits per heavy atom. The third kappa shape index (κ3) is 5.47. The molecule has 5 nitrogen and oxygen atoms in total. The molecular formula is C25H25N3O2S2. The largest absolute Gasteiger partial charge is 0.494 e. The third-order valence-corrected chi connectivity index (χ3v) is 6.81. The fourth-order valence-corrected chi connectivity index (χ4v) is 5.01. The van der Waals surface area contributed by atoms with Gasteiger partial charge in [-0.1, -0.05) is 30.4 Å². The summed E-state index contributed by atoms with van der Waals surface area (Å²) in [5.41, 5.74) is 2.87. The summed E-state index contributed by atoms with van der Waals surface area (Å²) >= 11 is 3.30. The first kappa shape index (κ1) is 22.3. The maximum absolute atomic E-state index is 13.4. The Kier molecular flexibility index (Phi) is 7.39. The van der Waals surface area contributed by atoms with Crippen molar-refractivity contribution < 1.29 is 9.53 Å². The summed E-state index contributed by atoms with van der Waals surface area (Å²) in [4.78, 5) is 25.3. The number of hydrogen-bond acceptors (Lipinski definition) is 6. The van der Waals surface area contributed by atoms with Gasteiger partial charge in [-0.3, -0.25) is 14.7 Å². The van der Waals surface area contributed by atoms with Crippen LogP contribution in [0.15, 0.2) is 71.9 Å². The number of benzene rings is 2. The molecule has 1 amide bonds. The van der Waals surface area contributed by atoms with Crippen LogP contribution in [0.5, 0.6) is 5.75 Å². The van der Waals surface area contributed by atoms with Gasteiger partial charge in [0.2, 0.25) is 5.91 Å². The van der Waals surface area contributed by atoms with Crippen LogP contribution < -0.4 is 9.64 Å². The monoisotopic (exact) mass is 463 g/mol. The van der Waals surface area contributed by atoms with Crippen molar-refractivity contribution in [3.63, 3.8) is 0 Å². The number of aromatic nitrogens is 2. The maximum Gasteiger partial charge on any atom is 0.233 e. The number of amides is 1. The minimum atomic E-state index is 0.0156. The summed E-state index contributed by atoms with van der Waals surface area (Å²) in [5, 5.41) is 0.689. The van der Waals surface area contributed by atoms with Gasteiger partial charge in [0.25, 0.3) is 0 Å².